The lowest BCUT2D eigenvalue weighted by atomic mass is 10.4. The molecule has 0 bridgehead atoms. The van der Waals surface area contributed by atoms with Gasteiger partial charge in [-0.15, -0.1) is 5.53 Å². The predicted molar refractivity (Wildman–Crippen MR) is 88.7 cm³/mol. The first kappa shape index (κ1) is 27.3. The third-order valence-electron chi connectivity index (χ3n) is 1.33. The summed E-state index contributed by atoms with van der Waals surface area (Å²) in [6, 6.07) is 24.0. The quantitative estimate of drug-likeness (QED) is 0.375. The third kappa shape index (κ3) is 53.8. The van der Waals surface area contributed by atoms with Gasteiger partial charge >= 0.3 is 0 Å². The van der Waals surface area contributed by atoms with Gasteiger partial charge in [0.2, 0.25) is 0 Å². The third-order valence-corrected chi connectivity index (χ3v) is 1.33. The Hall–Kier alpha value is -3.02. The second-order valence-electron chi connectivity index (χ2n) is 2.50. The molecule has 0 atom stereocenters. The first-order valence-electron chi connectivity index (χ1n) is 5.72. The van der Waals surface area contributed by atoms with Crippen LogP contribution in [0.1, 0.15) is 0 Å². The molecule has 120 valence electrons. The van der Waals surface area contributed by atoms with Crippen LogP contribution < -0.4 is 0 Å². The summed E-state index contributed by atoms with van der Waals surface area (Å²) in [5.41, 5.74) is 25.8. The summed E-state index contributed by atoms with van der Waals surface area (Å²) in [7, 11) is 2.00. The van der Waals surface area contributed by atoms with E-state index in [0.29, 0.717) is 0 Å². The smallest absolute Gasteiger partial charge is 0.0319 e. The van der Waals surface area contributed by atoms with Crippen molar-refractivity contribution in [2.45, 2.75) is 0 Å². The molecule has 0 unspecified atom stereocenters. The molecule has 0 saturated carbocycles. The Labute approximate surface area is 130 Å². The molecule has 0 aromatic heterocycles. The number of rotatable bonds is 0. The zero-order valence-electron chi connectivity index (χ0n) is 12.6. The van der Waals surface area contributed by atoms with Crippen LogP contribution in [0.3, 0.4) is 0 Å². The van der Waals surface area contributed by atoms with Gasteiger partial charge in [0.05, 0.1) is 0 Å². The summed E-state index contributed by atoms with van der Waals surface area (Å²) < 4.78 is 0. The van der Waals surface area contributed by atoms with Gasteiger partial charge in [-0.2, -0.15) is 0 Å². The van der Waals surface area contributed by atoms with E-state index >= 15 is 0 Å². The van der Waals surface area contributed by atoms with Crippen molar-refractivity contribution < 1.29 is 10.2 Å². The van der Waals surface area contributed by atoms with Gasteiger partial charge < -0.3 is 21.3 Å². The van der Waals surface area contributed by atoms with Crippen LogP contribution in [-0.4, -0.2) is 24.4 Å². The van der Waals surface area contributed by atoms with Crippen molar-refractivity contribution in [3.8, 4) is 0 Å². The second-order valence-corrected chi connectivity index (χ2v) is 2.50. The Bertz CT molecular complexity index is 331. The predicted octanol–water partition coefficient (Wildman–Crippen LogP) is 4.33. The molecule has 8 nitrogen and oxygen atoms in total. The largest absolute Gasteiger partial charge is 0.400 e. The maximum Gasteiger partial charge on any atom is 0.0319 e. The van der Waals surface area contributed by atoms with E-state index in [1.54, 1.807) is 4.91 Å². The van der Waals surface area contributed by atoms with Crippen LogP contribution in [0.2, 0.25) is 0 Å². The molecule has 22 heavy (non-hydrogen) atoms. The van der Waals surface area contributed by atoms with Gasteiger partial charge in [0.25, 0.3) is 0 Å². The van der Waals surface area contributed by atoms with Crippen molar-refractivity contribution in [2.75, 3.05) is 14.2 Å². The molecule has 0 heterocycles. The Balaban J connectivity index is -0.0000000954. The molecule has 0 aliphatic rings. The lowest BCUT2D eigenvalue weighted by Gasteiger charge is -1.69. The maximum atomic E-state index is 7.00. The molecule has 2 aromatic carbocycles. The van der Waals surface area contributed by atoms with Gasteiger partial charge in [-0.3, -0.25) is 4.91 Å². The highest BCUT2D eigenvalue weighted by Gasteiger charge is 1.58. The summed E-state index contributed by atoms with van der Waals surface area (Å²) in [5.74, 6) is 0. The van der Waals surface area contributed by atoms with Crippen molar-refractivity contribution >= 4 is 0 Å². The van der Waals surface area contributed by atoms with E-state index in [1.165, 1.54) is 4.91 Å². The van der Waals surface area contributed by atoms with Gasteiger partial charge in [0, 0.05) is 14.2 Å². The minimum atomic E-state index is 1.00. The minimum Gasteiger partial charge on any atom is -0.400 e. The first-order chi connectivity index (χ1) is 10.8. The number of nitrogens with one attached hydrogen (secondary N) is 1. The minimum absolute atomic E-state index is 1.00. The first-order valence-corrected chi connectivity index (χ1v) is 5.72. The number of benzene rings is 2. The van der Waals surface area contributed by atoms with Gasteiger partial charge in [-0.25, -0.2) is 0 Å². The number of nitrogens with zero attached hydrogens (tertiary/aromatic N) is 5. The molecule has 8 heteroatoms. The van der Waals surface area contributed by atoms with Crippen molar-refractivity contribution in [2.24, 2.45) is 0 Å². The fourth-order valence-electron chi connectivity index (χ4n) is 0.770. The highest BCUT2D eigenvalue weighted by molar-refractivity contribution is 4.99. The van der Waals surface area contributed by atoms with Crippen molar-refractivity contribution in [1.82, 2.24) is 0 Å². The molecule has 0 spiro atoms. The number of aliphatic hydroxyl groups excluding tert-OH is 2. The van der Waals surface area contributed by atoms with Crippen LogP contribution in [0.4, 0.5) is 0 Å². The van der Waals surface area contributed by atoms with Gasteiger partial charge in [0.1, 0.15) is 0 Å². The summed E-state index contributed by atoms with van der Waals surface area (Å²) in [6.07, 6.45) is 0. The van der Waals surface area contributed by atoms with E-state index in [4.69, 9.17) is 32.3 Å². The summed E-state index contributed by atoms with van der Waals surface area (Å²) in [5, 5.41) is 14.0. The fraction of sp³-hybridized carbons (Fsp3) is 0.143. The molecular weight excluding hydrogens is 284 g/mol. The number of hydrogen-bond acceptors (Lipinski definition) is 3. The van der Waals surface area contributed by atoms with Crippen LogP contribution in [0, 0.1) is 5.53 Å². The summed E-state index contributed by atoms with van der Waals surface area (Å²) in [4.78, 5) is 3.25. The second kappa shape index (κ2) is 43.0. The molecule has 0 fully saturated rings. The summed E-state index contributed by atoms with van der Waals surface area (Å²) >= 11 is 0. The lowest BCUT2D eigenvalue weighted by molar-refractivity contribution is 0.399. The normalized spacial score (nSPS) is 5.64. The molecule has 0 aliphatic carbocycles. The highest BCUT2D eigenvalue weighted by Crippen LogP contribution is 1.80. The Morgan fingerprint density at radius 3 is 0.636 bits per heavy atom. The van der Waals surface area contributed by atoms with Crippen LogP contribution in [0.15, 0.2) is 72.8 Å². The standard InChI is InChI=1S/2C6H6.2CH4O.HN3.N3/c2*1-2-4-6-5-3-1;2*1-2;2*1-3-2/h2*1-6H;2*2H,1H3;1H;/q;;;;;-1. The topological polar surface area (TPSA) is 159 Å². The van der Waals surface area contributed by atoms with Crippen molar-refractivity contribution in [3.63, 3.8) is 0 Å². The molecular formula is C14H21N6O2-. The Kier molecular flexibility index (Phi) is 53.4. The number of aliphatic hydroxyl groups is 2. The van der Waals surface area contributed by atoms with E-state index in [1.807, 2.05) is 72.8 Å². The average Bonchev–Trinajstić information content (AvgIpc) is 2.63. The van der Waals surface area contributed by atoms with Crippen LogP contribution >= 0.6 is 0 Å². The number of hydrogen-bond donors (Lipinski definition) is 3. The highest BCUT2D eigenvalue weighted by atomic mass is 16.2. The Morgan fingerprint density at radius 1 is 0.545 bits per heavy atom. The van der Waals surface area contributed by atoms with E-state index in [2.05, 4.69) is 0 Å². The zero-order chi connectivity index (χ0) is 17.9. The SMILES string of the molecule is CO.CO.[N-]=[N+]=N.[N-]=[N+]=[N-].c1ccccc1.c1ccccc1. The van der Waals surface area contributed by atoms with E-state index in [9.17, 15) is 0 Å². The van der Waals surface area contributed by atoms with Crippen LogP contribution in [-0.2, 0) is 0 Å². The van der Waals surface area contributed by atoms with Crippen LogP contribution in [0.5, 0.6) is 0 Å². The van der Waals surface area contributed by atoms with Gasteiger partial charge in [-0.05, 0) is 10.4 Å². The van der Waals surface area contributed by atoms with E-state index in [-0.39, 0.29) is 0 Å². The molecule has 0 amide bonds. The van der Waals surface area contributed by atoms with E-state index < -0.39 is 0 Å². The molecule has 2 rings (SSSR count). The van der Waals surface area contributed by atoms with Gasteiger partial charge in [-0.1, -0.05) is 72.8 Å². The molecule has 0 aliphatic heterocycles. The maximum absolute atomic E-state index is 7.00. The lowest BCUT2D eigenvalue weighted by Crippen LogP contribution is -1.47. The monoisotopic (exact) mass is 305 g/mol. The Morgan fingerprint density at radius 2 is 0.591 bits per heavy atom. The van der Waals surface area contributed by atoms with E-state index in [0.717, 1.165) is 14.2 Å². The molecule has 0 radical (unpaired) electrons. The fourth-order valence-corrected chi connectivity index (χ4v) is 0.770. The van der Waals surface area contributed by atoms with Crippen LogP contribution in [0.25, 0.3) is 26.4 Å². The van der Waals surface area contributed by atoms with Gasteiger partial charge in [0.15, 0.2) is 0 Å². The van der Waals surface area contributed by atoms with Crippen molar-refractivity contribution in [1.29, 1.82) is 5.53 Å². The molecule has 0 saturated heterocycles. The molecule has 3 N–H and O–H groups in total. The summed E-state index contributed by atoms with van der Waals surface area (Å²) in [6.45, 7) is 0. The van der Waals surface area contributed by atoms with Crippen molar-refractivity contribution in [3.05, 3.63) is 99.2 Å². The zero-order valence-corrected chi connectivity index (χ0v) is 12.6. The molecule has 2 aromatic rings. The average molecular weight is 305 g/mol.